The Morgan fingerprint density at radius 1 is 1.40 bits per heavy atom. The highest BCUT2D eigenvalue weighted by atomic mass is 35.5. The van der Waals surface area contributed by atoms with Gasteiger partial charge in [-0.3, -0.25) is 4.99 Å². The highest BCUT2D eigenvalue weighted by Crippen LogP contribution is 2.04. The van der Waals surface area contributed by atoms with Crippen LogP contribution in [0.5, 0.6) is 0 Å². The number of aliphatic imine (C=N–C) groups is 1. The Morgan fingerprint density at radius 2 is 2.00 bits per heavy atom. The number of allylic oxidation sites excluding steroid dienone is 3. The molecule has 0 aliphatic carbocycles. The Hall–Kier alpha value is -0.560. The third-order valence-corrected chi connectivity index (χ3v) is 1.34. The van der Waals surface area contributed by atoms with E-state index in [-0.39, 0.29) is 0 Å². The standard InChI is InChI=1S/C8H12ClN/c1-4-5-10-6-7(2)8(3)9/h4-6H,1-3H3/b5-4-,8-7+,10-6-. The molecule has 0 bridgehead atoms. The largest absolute Gasteiger partial charge is 0.265 e. The van der Waals surface area contributed by atoms with E-state index in [4.69, 9.17) is 11.6 Å². The van der Waals surface area contributed by atoms with Crippen molar-refractivity contribution >= 4 is 17.8 Å². The van der Waals surface area contributed by atoms with E-state index in [1.807, 2.05) is 26.8 Å². The number of nitrogens with zero attached hydrogens (tertiary/aromatic N) is 1. The lowest BCUT2D eigenvalue weighted by atomic mass is 10.3. The zero-order valence-corrected chi connectivity index (χ0v) is 7.31. The third kappa shape index (κ3) is 4.33. The summed E-state index contributed by atoms with van der Waals surface area (Å²) in [4.78, 5) is 3.96. The maximum absolute atomic E-state index is 5.67. The monoisotopic (exact) mass is 157 g/mol. The molecule has 0 fully saturated rings. The lowest BCUT2D eigenvalue weighted by molar-refractivity contribution is 1.47. The van der Waals surface area contributed by atoms with Crippen molar-refractivity contribution in [2.24, 2.45) is 4.99 Å². The molecule has 0 aromatic carbocycles. The smallest absolute Gasteiger partial charge is 0.0308 e. The van der Waals surface area contributed by atoms with Gasteiger partial charge in [-0.15, -0.1) is 0 Å². The first-order valence-electron chi connectivity index (χ1n) is 3.15. The SMILES string of the molecule is C\C=C/N=C\C(C)=C(/C)Cl. The van der Waals surface area contributed by atoms with Crippen LogP contribution in [0.25, 0.3) is 0 Å². The van der Waals surface area contributed by atoms with Gasteiger partial charge in [-0.1, -0.05) is 17.7 Å². The average molecular weight is 158 g/mol. The summed E-state index contributed by atoms with van der Waals surface area (Å²) in [6.07, 6.45) is 5.33. The minimum atomic E-state index is 0.785. The first-order chi connectivity index (χ1) is 4.68. The second-order valence-electron chi connectivity index (χ2n) is 1.98. The Kier molecular flexibility index (Phi) is 4.95. The minimum absolute atomic E-state index is 0.785. The molecule has 0 N–H and O–H groups in total. The summed E-state index contributed by atoms with van der Waals surface area (Å²) in [7, 11) is 0. The lowest BCUT2D eigenvalue weighted by Gasteiger charge is -1.89. The molecule has 2 heteroatoms. The van der Waals surface area contributed by atoms with Gasteiger partial charge >= 0.3 is 0 Å². The fraction of sp³-hybridized carbons (Fsp3) is 0.375. The van der Waals surface area contributed by atoms with Crippen molar-refractivity contribution in [3.8, 4) is 0 Å². The van der Waals surface area contributed by atoms with Crippen molar-refractivity contribution in [1.82, 2.24) is 0 Å². The van der Waals surface area contributed by atoms with Gasteiger partial charge in [0.25, 0.3) is 0 Å². The van der Waals surface area contributed by atoms with E-state index in [1.165, 1.54) is 0 Å². The van der Waals surface area contributed by atoms with Gasteiger partial charge in [0.2, 0.25) is 0 Å². The fourth-order valence-electron chi connectivity index (χ4n) is 0.330. The van der Waals surface area contributed by atoms with Crippen LogP contribution >= 0.6 is 11.6 Å². The predicted octanol–water partition coefficient (Wildman–Crippen LogP) is 3.12. The molecule has 0 unspecified atom stereocenters. The molecule has 0 aliphatic heterocycles. The highest BCUT2D eigenvalue weighted by Gasteiger charge is 1.85. The van der Waals surface area contributed by atoms with E-state index >= 15 is 0 Å². The van der Waals surface area contributed by atoms with E-state index < -0.39 is 0 Å². The second kappa shape index (κ2) is 5.24. The van der Waals surface area contributed by atoms with Gasteiger partial charge in [-0.2, -0.15) is 0 Å². The molecule has 0 aliphatic rings. The molecule has 0 radical (unpaired) electrons. The normalized spacial score (nSPS) is 14.8. The lowest BCUT2D eigenvalue weighted by Crippen LogP contribution is -1.77. The predicted molar refractivity (Wildman–Crippen MR) is 47.5 cm³/mol. The van der Waals surface area contributed by atoms with Crippen molar-refractivity contribution in [2.75, 3.05) is 0 Å². The number of hydrogen-bond acceptors (Lipinski definition) is 1. The minimum Gasteiger partial charge on any atom is -0.265 e. The summed E-state index contributed by atoms with van der Waals surface area (Å²) in [6, 6.07) is 0. The number of hydrogen-bond donors (Lipinski definition) is 0. The van der Waals surface area contributed by atoms with Gasteiger partial charge in [0.05, 0.1) is 0 Å². The van der Waals surface area contributed by atoms with Gasteiger partial charge in [-0.25, -0.2) is 0 Å². The molecule has 0 atom stereocenters. The van der Waals surface area contributed by atoms with E-state index in [2.05, 4.69) is 4.99 Å². The Labute approximate surface area is 67.1 Å². The molecule has 0 heterocycles. The van der Waals surface area contributed by atoms with Gasteiger partial charge in [0, 0.05) is 17.4 Å². The molecule has 1 nitrogen and oxygen atoms in total. The average Bonchev–Trinajstić information content (AvgIpc) is 1.88. The quantitative estimate of drug-likeness (QED) is 0.547. The van der Waals surface area contributed by atoms with E-state index in [0.717, 1.165) is 10.6 Å². The Bertz CT molecular complexity index is 174. The molecule has 56 valence electrons. The molecule has 10 heavy (non-hydrogen) atoms. The van der Waals surface area contributed by atoms with Crippen molar-refractivity contribution in [3.05, 3.63) is 22.9 Å². The van der Waals surface area contributed by atoms with Crippen molar-refractivity contribution in [2.45, 2.75) is 20.8 Å². The summed E-state index contributed by atoms with van der Waals surface area (Å²) in [6.45, 7) is 5.69. The molecule has 0 rings (SSSR count). The van der Waals surface area contributed by atoms with Crippen LogP contribution in [0.3, 0.4) is 0 Å². The van der Waals surface area contributed by atoms with E-state index in [9.17, 15) is 0 Å². The summed E-state index contributed by atoms with van der Waals surface area (Å²) in [5.41, 5.74) is 1.000. The van der Waals surface area contributed by atoms with Gasteiger partial charge in [0.1, 0.15) is 0 Å². The summed E-state index contributed by atoms with van der Waals surface area (Å²) in [5.74, 6) is 0. The van der Waals surface area contributed by atoms with E-state index in [0.29, 0.717) is 0 Å². The van der Waals surface area contributed by atoms with Crippen LogP contribution in [0, 0.1) is 0 Å². The molecule has 0 amide bonds. The first-order valence-corrected chi connectivity index (χ1v) is 3.53. The number of rotatable bonds is 2. The molecule has 0 aromatic rings. The van der Waals surface area contributed by atoms with Crippen LogP contribution in [0.4, 0.5) is 0 Å². The van der Waals surface area contributed by atoms with Crippen LogP contribution in [0.1, 0.15) is 20.8 Å². The summed E-state index contributed by atoms with van der Waals surface area (Å²) >= 11 is 5.67. The molecular formula is C8H12ClN. The van der Waals surface area contributed by atoms with Crippen LogP contribution in [-0.4, -0.2) is 6.21 Å². The molecule has 0 saturated carbocycles. The maximum Gasteiger partial charge on any atom is 0.0308 e. The van der Waals surface area contributed by atoms with Crippen LogP contribution in [0.15, 0.2) is 27.9 Å². The molecule has 0 aromatic heterocycles. The topological polar surface area (TPSA) is 12.4 Å². The van der Waals surface area contributed by atoms with Crippen LogP contribution < -0.4 is 0 Å². The summed E-state index contributed by atoms with van der Waals surface area (Å²) < 4.78 is 0. The van der Waals surface area contributed by atoms with Gasteiger partial charge in [-0.05, 0) is 26.3 Å². The first kappa shape index (κ1) is 9.44. The van der Waals surface area contributed by atoms with Crippen LogP contribution in [0.2, 0.25) is 0 Å². The highest BCUT2D eigenvalue weighted by molar-refractivity contribution is 6.30. The molecule has 0 saturated heterocycles. The van der Waals surface area contributed by atoms with Gasteiger partial charge in [0.15, 0.2) is 0 Å². The third-order valence-electron chi connectivity index (χ3n) is 1.05. The fourth-order valence-corrected chi connectivity index (χ4v) is 0.379. The second-order valence-corrected chi connectivity index (χ2v) is 2.54. The number of halogens is 1. The zero-order chi connectivity index (χ0) is 7.98. The molecular weight excluding hydrogens is 146 g/mol. The summed E-state index contributed by atoms with van der Waals surface area (Å²) in [5, 5.41) is 0.785. The molecule has 0 spiro atoms. The van der Waals surface area contributed by atoms with Crippen molar-refractivity contribution in [1.29, 1.82) is 0 Å². The Morgan fingerprint density at radius 3 is 2.40 bits per heavy atom. The van der Waals surface area contributed by atoms with E-state index in [1.54, 1.807) is 12.4 Å². The van der Waals surface area contributed by atoms with Crippen molar-refractivity contribution < 1.29 is 0 Å². The van der Waals surface area contributed by atoms with Gasteiger partial charge < -0.3 is 0 Å². The van der Waals surface area contributed by atoms with Crippen LogP contribution in [-0.2, 0) is 0 Å². The maximum atomic E-state index is 5.67. The Balaban J connectivity index is 4.03. The zero-order valence-electron chi connectivity index (χ0n) is 6.56. The van der Waals surface area contributed by atoms with Crippen molar-refractivity contribution in [3.63, 3.8) is 0 Å².